The lowest BCUT2D eigenvalue weighted by Crippen LogP contribution is -2.18. The van der Waals surface area contributed by atoms with Crippen molar-refractivity contribution in [2.45, 2.75) is 13.2 Å². The predicted octanol–water partition coefficient (Wildman–Crippen LogP) is 6.92. The molecule has 0 aliphatic heterocycles. The van der Waals surface area contributed by atoms with Crippen LogP contribution in [0.3, 0.4) is 0 Å². The fourth-order valence-corrected chi connectivity index (χ4v) is 3.69. The maximum absolute atomic E-state index is 12.7. The molecule has 0 radical (unpaired) electrons. The molecule has 0 aliphatic rings. The summed E-state index contributed by atoms with van der Waals surface area (Å²) in [5.41, 5.74) is 5.56. The number of hydrogen-bond donors (Lipinski definition) is 1. The summed E-state index contributed by atoms with van der Waals surface area (Å²) in [6, 6.07) is 29.4. The summed E-state index contributed by atoms with van der Waals surface area (Å²) < 4.78 is 11.7. The Labute approximate surface area is 213 Å². The topological polar surface area (TPSA) is 59.9 Å². The number of carbonyl (C=O) groups excluding carboxylic acids is 1. The molecule has 0 aromatic heterocycles. The van der Waals surface area contributed by atoms with Crippen molar-refractivity contribution in [3.05, 3.63) is 129 Å². The Hall–Kier alpha value is -3.80. The maximum Gasteiger partial charge on any atom is 0.275 e. The van der Waals surface area contributed by atoms with Crippen LogP contribution in [0, 0.1) is 0 Å². The number of para-hydroxylation sites is 1. The van der Waals surface area contributed by atoms with E-state index in [1.807, 2.05) is 66.7 Å². The van der Waals surface area contributed by atoms with Crippen LogP contribution in [0.15, 0.2) is 102 Å². The van der Waals surface area contributed by atoms with Crippen LogP contribution in [0.25, 0.3) is 0 Å². The molecule has 0 spiro atoms. The van der Waals surface area contributed by atoms with Crippen LogP contribution >= 0.6 is 23.2 Å². The molecular formula is C28H22Cl2N2O3. The van der Waals surface area contributed by atoms with Gasteiger partial charge in [0.2, 0.25) is 0 Å². The molecule has 4 aromatic carbocycles. The van der Waals surface area contributed by atoms with Crippen LogP contribution in [0.1, 0.15) is 27.0 Å². The average Bonchev–Trinajstić information content (AvgIpc) is 2.88. The van der Waals surface area contributed by atoms with Gasteiger partial charge in [0.25, 0.3) is 5.91 Å². The van der Waals surface area contributed by atoms with Crippen LogP contribution < -0.4 is 14.9 Å². The minimum Gasteiger partial charge on any atom is -0.489 e. The van der Waals surface area contributed by atoms with Gasteiger partial charge in [-0.15, -0.1) is 0 Å². The van der Waals surface area contributed by atoms with Gasteiger partial charge in [0.1, 0.15) is 24.7 Å². The first-order chi connectivity index (χ1) is 17.1. The summed E-state index contributed by atoms with van der Waals surface area (Å²) in [6.45, 7) is 0.662. The number of benzene rings is 4. The summed E-state index contributed by atoms with van der Waals surface area (Å²) in [7, 11) is 0. The zero-order valence-corrected chi connectivity index (χ0v) is 20.2. The van der Waals surface area contributed by atoms with E-state index in [4.69, 9.17) is 32.7 Å². The fourth-order valence-electron chi connectivity index (χ4n) is 3.23. The Balaban J connectivity index is 1.35. The smallest absolute Gasteiger partial charge is 0.275 e. The Kier molecular flexibility index (Phi) is 8.39. The highest BCUT2D eigenvalue weighted by Gasteiger charge is 2.11. The SMILES string of the molecule is O=C(N/N=C/c1cccc(OCc2ccc(Cl)cc2Cl)c1)c1ccccc1OCc1ccccc1. The number of hydrazone groups is 1. The number of ether oxygens (including phenoxy) is 2. The second-order valence-corrected chi connectivity index (χ2v) is 8.41. The first-order valence-electron chi connectivity index (χ1n) is 10.8. The molecule has 0 heterocycles. The molecule has 0 bridgehead atoms. The number of amides is 1. The highest BCUT2D eigenvalue weighted by molar-refractivity contribution is 6.35. The van der Waals surface area contributed by atoms with Crippen molar-refractivity contribution in [3.8, 4) is 11.5 Å². The Bertz CT molecular complexity index is 1330. The number of hydrogen-bond acceptors (Lipinski definition) is 4. The van der Waals surface area contributed by atoms with Crippen LogP contribution in [-0.2, 0) is 13.2 Å². The lowest BCUT2D eigenvalue weighted by molar-refractivity contribution is 0.0950. The van der Waals surface area contributed by atoms with E-state index in [0.717, 1.165) is 16.7 Å². The predicted molar refractivity (Wildman–Crippen MR) is 140 cm³/mol. The highest BCUT2D eigenvalue weighted by atomic mass is 35.5. The van der Waals surface area contributed by atoms with Gasteiger partial charge in [-0.3, -0.25) is 4.79 Å². The van der Waals surface area contributed by atoms with Gasteiger partial charge in [0.15, 0.2) is 0 Å². The van der Waals surface area contributed by atoms with Crippen molar-refractivity contribution >= 4 is 35.3 Å². The van der Waals surface area contributed by atoms with Crippen molar-refractivity contribution in [2.24, 2.45) is 5.10 Å². The van der Waals surface area contributed by atoms with E-state index in [9.17, 15) is 4.79 Å². The van der Waals surface area contributed by atoms with Gasteiger partial charge in [-0.05, 0) is 47.5 Å². The molecule has 0 atom stereocenters. The van der Waals surface area contributed by atoms with E-state index < -0.39 is 0 Å². The number of halogens is 2. The van der Waals surface area contributed by atoms with Crippen LogP contribution in [0.2, 0.25) is 10.0 Å². The number of nitrogens with zero attached hydrogens (tertiary/aromatic N) is 1. The summed E-state index contributed by atoms with van der Waals surface area (Å²) in [5, 5.41) is 5.21. The van der Waals surface area contributed by atoms with Gasteiger partial charge in [0.05, 0.1) is 11.8 Å². The third-order valence-corrected chi connectivity index (χ3v) is 5.60. The lowest BCUT2D eigenvalue weighted by atomic mass is 10.2. The van der Waals surface area contributed by atoms with Crippen molar-refractivity contribution in [1.29, 1.82) is 0 Å². The molecular weight excluding hydrogens is 483 g/mol. The largest absolute Gasteiger partial charge is 0.489 e. The van der Waals surface area contributed by atoms with Gasteiger partial charge in [-0.1, -0.05) is 83.9 Å². The summed E-state index contributed by atoms with van der Waals surface area (Å²) in [6.07, 6.45) is 1.55. The quantitative estimate of drug-likeness (QED) is 0.199. The Morgan fingerprint density at radius 2 is 1.63 bits per heavy atom. The van der Waals surface area contributed by atoms with Crippen molar-refractivity contribution in [3.63, 3.8) is 0 Å². The lowest BCUT2D eigenvalue weighted by Gasteiger charge is -2.10. The Morgan fingerprint density at radius 1 is 0.829 bits per heavy atom. The molecule has 176 valence electrons. The van der Waals surface area contributed by atoms with Crippen LogP contribution in [-0.4, -0.2) is 12.1 Å². The van der Waals surface area contributed by atoms with Gasteiger partial charge < -0.3 is 9.47 Å². The second kappa shape index (κ2) is 12.1. The third-order valence-electron chi connectivity index (χ3n) is 5.02. The van der Waals surface area contributed by atoms with Crippen LogP contribution in [0.4, 0.5) is 0 Å². The number of nitrogens with one attached hydrogen (secondary N) is 1. The zero-order valence-electron chi connectivity index (χ0n) is 18.7. The molecule has 4 aromatic rings. The van der Waals surface area contributed by atoms with E-state index in [-0.39, 0.29) is 5.91 Å². The molecule has 4 rings (SSSR count). The molecule has 35 heavy (non-hydrogen) atoms. The van der Waals surface area contributed by atoms with E-state index in [2.05, 4.69) is 10.5 Å². The maximum atomic E-state index is 12.7. The molecule has 1 amide bonds. The summed E-state index contributed by atoms with van der Waals surface area (Å²) >= 11 is 12.1. The second-order valence-electron chi connectivity index (χ2n) is 7.57. The molecule has 7 heteroatoms. The molecule has 0 saturated carbocycles. The first kappa shape index (κ1) is 24.3. The monoisotopic (exact) mass is 504 g/mol. The highest BCUT2D eigenvalue weighted by Crippen LogP contribution is 2.23. The van der Waals surface area contributed by atoms with Gasteiger partial charge in [0, 0.05) is 15.6 Å². The van der Waals surface area contributed by atoms with Crippen molar-refractivity contribution in [2.75, 3.05) is 0 Å². The van der Waals surface area contributed by atoms with Gasteiger partial charge in [-0.2, -0.15) is 5.10 Å². The van der Waals surface area contributed by atoms with E-state index >= 15 is 0 Å². The molecule has 0 saturated heterocycles. The van der Waals surface area contributed by atoms with Gasteiger partial charge >= 0.3 is 0 Å². The van der Waals surface area contributed by atoms with E-state index in [0.29, 0.717) is 40.3 Å². The molecule has 0 fully saturated rings. The number of carbonyl (C=O) groups is 1. The summed E-state index contributed by atoms with van der Waals surface area (Å²) in [5.74, 6) is 0.765. The van der Waals surface area contributed by atoms with Gasteiger partial charge in [-0.25, -0.2) is 5.43 Å². The molecule has 0 aliphatic carbocycles. The Morgan fingerprint density at radius 3 is 2.46 bits per heavy atom. The zero-order chi connectivity index (χ0) is 24.5. The van der Waals surface area contributed by atoms with Crippen LogP contribution in [0.5, 0.6) is 11.5 Å². The van der Waals surface area contributed by atoms with Crippen molar-refractivity contribution < 1.29 is 14.3 Å². The van der Waals surface area contributed by atoms with E-state index in [1.54, 1.807) is 36.5 Å². The summed E-state index contributed by atoms with van der Waals surface area (Å²) in [4.78, 5) is 12.7. The molecule has 5 nitrogen and oxygen atoms in total. The minimum atomic E-state index is -0.366. The minimum absolute atomic E-state index is 0.299. The first-order valence-corrected chi connectivity index (χ1v) is 11.6. The molecule has 1 N–H and O–H groups in total. The van der Waals surface area contributed by atoms with E-state index in [1.165, 1.54) is 0 Å². The fraction of sp³-hybridized carbons (Fsp3) is 0.0714. The number of rotatable bonds is 9. The average molecular weight is 505 g/mol. The molecule has 0 unspecified atom stereocenters. The third kappa shape index (κ3) is 7.09. The normalized spacial score (nSPS) is 10.8. The van der Waals surface area contributed by atoms with Crippen molar-refractivity contribution in [1.82, 2.24) is 5.43 Å². The standard InChI is InChI=1S/C28H22Cl2N2O3/c29-23-14-13-22(26(30)16-23)19-34-24-10-6-9-21(15-24)17-31-32-28(33)25-11-4-5-12-27(25)35-18-20-7-2-1-3-8-20/h1-17H,18-19H2,(H,32,33)/b31-17+.